The zero-order valence-corrected chi connectivity index (χ0v) is 21.4. The van der Waals surface area contributed by atoms with Crippen LogP contribution in [0.2, 0.25) is 4.34 Å². The van der Waals surface area contributed by atoms with Crippen LogP contribution in [0.3, 0.4) is 0 Å². The van der Waals surface area contributed by atoms with Crippen molar-refractivity contribution in [1.82, 2.24) is 30.1 Å². The zero-order valence-electron chi connectivity index (χ0n) is 19.9. The van der Waals surface area contributed by atoms with Gasteiger partial charge in [-0.1, -0.05) is 16.8 Å². The molecule has 2 saturated heterocycles. The number of nitrogens with zero attached hydrogens (tertiary/aromatic N) is 5. The van der Waals surface area contributed by atoms with E-state index in [9.17, 15) is 9.59 Å². The van der Waals surface area contributed by atoms with Gasteiger partial charge >= 0.3 is 0 Å². The van der Waals surface area contributed by atoms with Crippen molar-refractivity contribution in [3.05, 3.63) is 45.7 Å². The summed E-state index contributed by atoms with van der Waals surface area (Å²) in [5.41, 5.74) is 1.23. The fourth-order valence-electron chi connectivity index (χ4n) is 4.43. The maximum atomic E-state index is 13.3. The summed E-state index contributed by atoms with van der Waals surface area (Å²) in [7, 11) is 0. The molecule has 0 unspecified atom stereocenters. The smallest absolute Gasteiger partial charge is 0.274 e. The van der Waals surface area contributed by atoms with Crippen LogP contribution in [0.1, 0.15) is 59.8 Å². The Kier molecular flexibility index (Phi) is 6.95. The first-order valence-corrected chi connectivity index (χ1v) is 13.2. The van der Waals surface area contributed by atoms with Gasteiger partial charge in [-0.05, 0) is 45.2 Å². The van der Waals surface area contributed by atoms with Crippen molar-refractivity contribution in [3.63, 3.8) is 0 Å². The summed E-state index contributed by atoms with van der Waals surface area (Å²) in [5, 5.41) is 11.8. The predicted molar refractivity (Wildman–Crippen MR) is 134 cm³/mol. The maximum Gasteiger partial charge on any atom is 0.274 e. The van der Waals surface area contributed by atoms with Crippen molar-refractivity contribution < 1.29 is 14.1 Å². The quantitative estimate of drug-likeness (QED) is 0.513. The van der Waals surface area contributed by atoms with E-state index in [1.807, 2.05) is 12.1 Å². The Balaban J connectivity index is 1.34. The Labute approximate surface area is 213 Å². The van der Waals surface area contributed by atoms with Gasteiger partial charge in [0.25, 0.3) is 11.8 Å². The number of hydrogen-bond acceptors (Lipinski definition) is 7. The van der Waals surface area contributed by atoms with Gasteiger partial charge in [-0.15, -0.1) is 11.3 Å². The molecule has 0 saturated carbocycles. The molecule has 5 heterocycles. The number of likely N-dealkylation sites (tertiary alicyclic amines) is 2. The fraction of sp³-hybridized carbons (Fsp3) is 0.500. The number of halogens is 1. The first kappa shape index (κ1) is 24.0. The SMILES string of the molecule is CC(C)N1CCC(NC(=O)c2cc(C(=O)N3CCC3)nn2Cc2cc(-c3ccc(Cl)s3)on2)CC1. The summed E-state index contributed by atoms with van der Waals surface area (Å²) >= 11 is 7.44. The molecule has 0 aliphatic carbocycles. The molecule has 0 spiro atoms. The standard InChI is InChI=1S/C24H29ClN6O3S/c1-15(2)29-10-6-16(7-11-29)26-23(32)19-13-18(24(33)30-8-3-9-30)27-31(19)14-17-12-20(34-28-17)21-4-5-22(25)35-21/h4-5,12-13,15-16H,3,6-11,14H2,1-2H3,(H,26,32). The molecular formula is C24H29ClN6O3S. The van der Waals surface area contributed by atoms with Crippen LogP contribution < -0.4 is 5.32 Å². The molecule has 1 N–H and O–H groups in total. The third-order valence-corrected chi connectivity index (χ3v) is 7.90. The van der Waals surface area contributed by atoms with Crippen LogP contribution in [0.15, 0.2) is 28.8 Å². The lowest BCUT2D eigenvalue weighted by atomic mass is 10.0. The molecule has 0 bridgehead atoms. The molecule has 5 rings (SSSR count). The van der Waals surface area contributed by atoms with E-state index in [0.29, 0.717) is 27.5 Å². The average molecular weight is 517 g/mol. The van der Waals surface area contributed by atoms with Crippen LogP contribution in [0.4, 0.5) is 0 Å². The van der Waals surface area contributed by atoms with Crippen LogP contribution in [0.25, 0.3) is 10.6 Å². The lowest BCUT2D eigenvalue weighted by Gasteiger charge is -2.34. The monoisotopic (exact) mass is 516 g/mol. The molecule has 3 aromatic rings. The molecule has 0 radical (unpaired) electrons. The summed E-state index contributed by atoms with van der Waals surface area (Å²) in [6.07, 6.45) is 2.78. The summed E-state index contributed by atoms with van der Waals surface area (Å²) in [6, 6.07) is 7.68. The van der Waals surface area contributed by atoms with Crippen LogP contribution in [-0.4, -0.2) is 74.8 Å². The van der Waals surface area contributed by atoms with Crippen molar-refractivity contribution in [1.29, 1.82) is 0 Å². The molecule has 2 amide bonds. The topological polar surface area (TPSA) is 96.5 Å². The van der Waals surface area contributed by atoms with Crippen LogP contribution in [0, 0.1) is 0 Å². The van der Waals surface area contributed by atoms with Gasteiger partial charge in [0.05, 0.1) is 15.8 Å². The van der Waals surface area contributed by atoms with Gasteiger partial charge in [-0.3, -0.25) is 14.3 Å². The Morgan fingerprint density at radius 3 is 2.60 bits per heavy atom. The Bertz CT molecular complexity index is 1210. The van der Waals surface area contributed by atoms with Gasteiger partial charge in [0, 0.05) is 50.4 Å². The molecule has 186 valence electrons. The molecule has 0 atom stereocenters. The molecule has 2 aliphatic heterocycles. The molecule has 2 fully saturated rings. The van der Waals surface area contributed by atoms with Crippen molar-refractivity contribution in [2.45, 2.75) is 51.7 Å². The van der Waals surface area contributed by atoms with E-state index in [2.05, 4.69) is 34.3 Å². The zero-order chi connectivity index (χ0) is 24.5. The second kappa shape index (κ2) is 10.1. The molecular weight excluding hydrogens is 488 g/mol. The Hall–Kier alpha value is -2.69. The van der Waals surface area contributed by atoms with Gasteiger partial charge in [0.2, 0.25) is 0 Å². The predicted octanol–water partition coefficient (Wildman–Crippen LogP) is 3.75. The summed E-state index contributed by atoms with van der Waals surface area (Å²) in [6.45, 7) is 7.94. The van der Waals surface area contributed by atoms with E-state index in [4.69, 9.17) is 16.1 Å². The fourth-order valence-corrected chi connectivity index (χ4v) is 5.42. The van der Waals surface area contributed by atoms with Gasteiger partial charge in [-0.25, -0.2) is 0 Å². The number of hydrogen-bond donors (Lipinski definition) is 1. The molecule has 2 aliphatic rings. The third-order valence-electron chi connectivity index (χ3n) is 6.66. The van der Waals surface area contributed by atoms with Crippen LogP contribution >= 0.6 is 22.9 Å². The Morgan fingerprint density at radius 2 is 1.97 bits per heavy atom. The van der Waals surface area contributed by atoms with E-state index < -0.39 is 0 Å². The van der Waals surface area contributed by atoms with E-state index >= 15 is 0 Å². The minimum atomic E-state index is -0.225. The van der Waals surface area contributed by atoms with E-state index in [0.717, 1.165) is 50.3 Å². The minimum Gasteiger partial charge on any atom is -0.355 e. The van der Waals surface area contributed by atoms with Crippen LogP contribution in [0.5, 0.6) is 0 Å². The van der Waals surface area contributed by atoms with E-state index in [1.54, 1.807) is 21.7 Å². The number of carbonyl (C=O) groups excluding carboxylic acids is 2. The number of nitrogens with one attached hydrogen (secondary N) is 1. The first-order chi connectivity index (χ1) is 16.9. The molecule has 3 aromatic heterocycles. The number of aromatic nitrogens is 3. The molecule has 11 heteroatoms. The van der Waals surface area contributed by atoms with Gasteiger partial charge in [0.15, 0.2) is 11.5 Å². The Morgan fingerprint density at radius 1 is 1.20 bits per heavy atom. The number of amides is 2. The van der Waals surface area contributed by atoms with Crippen LogP contribution in [-0.2, 0) is 6.54 Å². The lowest BCUT2D eigenvalue weighted by Crippen LogP contribution is -2.46. The second-order valence-electron chi connectivity index (χ2n) is 9.38. The van der Waals surface area contributed by atoms with Gasteiger partial charge < -0.3 is 19.6 Å². The number of thiophene rings is 1. The molecule has 35 heavy (non-hydrogen) atoms. The lowest BCUT2D eigenvalue weighted by molar-refractivity contribution is 0.0644. The molecule has 0 aromatic carbocycles. The van der Waals surface area contributed by atoms with Crippen molar-refractivity contribution in [2.75, 3.05) is 26.2 Å². The normalized spacial score (nSPS) is 17.1. The minimum absolute atomic E-state index is 0.0950. The van der Waals surface area contributed by atoms with Gasteiger partial charge in [0.1, 0.15) is 11.4 Å². The van der Waals surface area contributed by atoms with Crippen molar-refractivity contribution in [3.8, 4) is 10.6 Å². The third kappa shape index (κ3) is 5.29. The summed E-state index contributed by atoms with van der Waals surface area (Å²) in [4.78, 5) is 31.1. The van der Waals surface area contributed by atoms with Crippen molar-refractivity contribution in [2.24, 2.45) is 0 Å². The number of rotatable bonds is 7. The highest BCUT2D eigenvalue weighted by atomic mass is 35.5. The van der Waals surface area contributed by atoms with Crippen molar-refractivity contribution >= 4 is 34.8 Å². The van der Waals surface area contributed by atoms with E-state index in [1.165, 1.54) is 11.3 Å². The first-order valence-electron chi connectivity index (χ1n) is 12.0. The average Bonchev–Trinajstić information content (AvgIpc) is 3.53. The summed E-state index contributed by atoms with van der Waals surface area (Å²) < 4.78 is 7.70. The largest absolute Gasteiger partial charge is 0.355 e. The van der Waals surface area contributed by atoms with E-state index in [-0.39, 0.29) is 30.1 Å². The highest BCUT2D eigenvalue weighted by Crippen LogP contribution is 2.31. The number of carbonyl (C=O) groups is 2. The maximum absolute atomic E-state index is 13.3. The molecule has 9 nitrogen and oxygen atoms in total. The summed E-state index contributed by atoms with van der Waals surface area (Å²) in [5.74, 6) is 0.226. The highest BCUT2D eigenvalue weighted by molar-refractivity contribution is 7.19. The van der Waals surface area contributed by atoms with Gasteiger partial charge in [-0.2, -0.15) is 5.10 Å². The highest BCUT2D eigenvalue weighted by Gasteiger charge is 2.28. The number of piperidine rings is 1. The second-order valence-corrected chi connectivity index (χ2v) is 11.1.